The average molecular weight is 338 g/mol. The zero-order valence-corrected chi connectivity index (χ0v) is 16.7. The third-order valence-corrected chi connectivity index (χ3v) is 4.93. The molecule has 138 valence electrons. The third kappa shape index (κ3) is 3.45. The molecule has 6 heteroatoms. The Bertz CT molecular complexity index is 503. The van der Waals surface area contributed by atoms with Crippen LogP contribution in [0.25, 0.3) is 0 Å². The second-order valence-electron chi connectivity index (χ2n) is 9.77. The van der Waals surface area contributed by atoms with Crippen molar-refractivity contribution in [1.29, 1.82) is 0 Å². The summed E-state index contributed by atoms with van der Waals surface area (Å²) in [6.07, 6.45) is -0.272. The highest BCUT2D eigenvalue weighted by molar-refractivity contribution is 5.89. The van der Waals surface area contributed by atoms with E-state index in [4.69, 9.17) is 0 Å². The van der Waals surface area contributed by atoms with Crippen LogP contribution < -0.4 is 10.6 Å². The first-order valence-corrected chi connectivity index (χ1v) is 8.79. The van der Waals surface area contributed by atoms with Crippen LogP contribution in [0.2, 0.25) is 0 Å². The summed E-state index contributed by atoms with van der Waals surface area (Å²) < 4.78 is 0. The third-order valence-electron chi connectivity index (χ3n) is 4.93. The molecule has 0 radical (unpaired) electrons. The first-order valence-electron chi connectivity index (χ1n) is 8.79. The minimum absolute atomic E-state index is 0.0382. The van der Waals surface area contributed by atoms with Crippen LogP contribution in [-0.2, 0) is 9.59 Å². The Labute approximate surface area is 146 Å². The van der Waals surface area contributed by atoms with Gasteiger partial charge in [-0.25, -0.2) is 0 Å². The van der Waals surface area contributed by atoms with Gasteiger partial charge in [-0.3, -0.25) is 20.2 Å². The van der Waals surface area contributed by atoms with Gasteiger partial charge in [-0.15, -0.1) is 0 Å². The normalized spacial score (nSPS) is 28.4. The Morgan fingerprint density at radius 2 is 1.04 bits per heavy atom. The van der Waals surface area contributed by atoms with Gasteiger partial charge in [0.15, 0.2) is 0 Å². The van der Waals surface area contributed by atoms with E-state index in [-0.39, 0.29) is 29.1 Å². The molecule has 2 amide bonds. The van der Waals surface area contributed by atoms with Gasteiger partial charge in [0, 0.05) is 24.2 Å². The molecule has 0 bridgehead atoms. The van der Waals surface area contributed by atoms with Crippen molar-refractivity contribution in [3.05, 3.63) is 0 Å². The Balaban J connectivity index is 2.34. The lowest BCUT2D eigenvalue weighted by Crippen LogP contribution is -2.76. The maximum atomic E-state index is 13.0. The van der Waals surface area contributed by atoms with Gasteiger partial charge in [-0.2, -0.15) is 0 Å². The highest BCUT2D eigenvalue weighted by atomic mass is 16.2. The van der Waals surface area contributed by atoms with Crippen molar-refractivity contribution < 1.29 is 9.59 Å². The predicted octanol–water partition coefficient (Wildman–Crippen LogP) is 1.31. The molecule has 0 unspecified atom stereocenters. The van der Waals surface area contributed by atoms with Gasteiger partial charge in [-0.05, 0) is 62.3 Å². The number of amides is 2. The molecule has 2 N–H and O–H groups in total. The SMILES string of the molecule is CC(N1CC(C)(C)NC(C)(C)C1=O)N1CC(C)(C)NC(C)(C)C1=O. The molecule has 6 nitrogen and oxygen atoms in total. The molecule has 0 atom stereocenters. The van der Waals surface area contributed by atoms with E-state index in [1.165, 1.54) is 0 Å². The van der Waals surface area contributed by atoms with Gasteiger partial charge >= 0.3 is 0 Å². The van der Waals surface area contributed by atoms with Gasteiger partial charge in [0.05, 0.1) is 11.1 Å². The molecule has 24 heavy (non-hydrogen) atoms. The number of carbonyl (C=O) groups excluding carboxylic acids is 2. The maximum absolute atomic E-state index is 13.0. The summed E-state index contributed by atoms with van der Waals surface area (Å²) in [5, 5.41) is 6.81. The van der Waals surface area contributed by atoms with E-state index in [9.17, 15) is 9.59 Å². The zero-order chi connectivity index (χ0) is 18.7. The lowest BCUT2D eigenvalue weighted by Gasteiger charge is -2.54. The summed E-state index contributed by atoms with van der Waals surface area (Å²) in [5.41, 5.74) is -1.68. The number of hydrogen-bond acceptors (Lipinski definition) is 4. The van der Waals surface area contributed by atoms with Gasteiger partial charge < -0.3 is 9.80 Å². The fourth-order valence-electron chi connectivity index (χ4n) is 4.36. The molecule has 0 aromatic rings. The smallest absolute Gasteiger partial charge is 0.244 e. The molecule has 2 aliphatic heterocycles. The van der Waals surface area contributed by atoms with E-state index in [0.717, 1.165) is 0 Å². The van der Waals surface area contributed by atoms with Gasteiger partial charge in [0.25, 0.3) is 0 Å². The quantitative estimate of drug-likeness (QED) is 0.797. The monoisotopic (exact) mass is 338 g/mol. The lowest BCUT2D eigenvalue weighted by atomic mass is 9.88. The molecule has 2 aliphatic rings. The standard InChI is InChI=1S/C18H34N4O2/c1-12(21-10-15(2,3)19-17(6,7)13(21)23)22-11-16(4,5)20-18(8,9)14(22)24/h12,19-20H,10-11H2,1-9H3. The Hall–Kier alpha value is -1.14. The number of piperazine rings is 2. The maximum Gasteiger partial charge on any atom is 0.244 e. The fraction of sp³-hybridized carbons (Fsp3) is 0.889. The fourth-order valence-corrected chi connectivity index (χ4v) is 4.36. The summed E-state index contributed by atoms with van der Waals surface area (Å²) in [7, 11) is 0. The van der Waals surface area contributed by atoms with Crippen molar-refractivity contribution in [3.8, 4) is 0 Å². The molecule has 0 saturated carbocycles. The summed E-state index contributed by atoms with van der Waals surface area (Å²) >= 11 is 0. The molecule has 0 spiro atoms. The van der Waals surface area contributed by atoms with Crippen molar-refractivity contribution in [2.75, 3.05) is 13.1 Å². The second-order valence-corrected chi connectivity index (χ2v) is 9.77. The number of carbonyl (C=O) groups is 2. The van der Waals surface area contributed by atoms with Crippen LogP contribution in [-0.4, -0.2) is 63.0 Å². The molecule has 0 aromatic heterocycles. The van der Waals surface area contributed by atoms with Gasteiger partial charge in [0.1, 0.15) is 6.17 Å². The average Bonchev–Trinajstić information content (AvgIpc) is 2.35. The van der Waals surface area contributed by atoms with E-state index in [1.54, 1.807) is 0 Å². The number of hydrogen-bond donors (Lipinski definition) is 2. The van der Waals surface area contributed by atoms with E-state index in [2.05, 4.69) is 38.3 Å². The minimum atomic E-state index is -0.641. The van der Waals surface area contributed by atoms with Crippen molar-refractivity contribution >= 4 is 11.8 Å². The topological polar surface area (TPSA) is 64.7 Å². The molecule has 2 rings (SSSR count). The van der Waals surface area contributed by atoms with E-state index in [0.29, 0.717) is 13.1 Å². The van der Waals surface area contributed by atoms with Gasteiger partial charge in [0.2, 0.25) is 11.8 Å². The second kappa shape index (κ2) is 5.43. The predicted molar refractivity (Wildman–Crippen MR) is 95.5 cm³/mol. The summed E-state index contributed by atoms with van der Waals surface area (Å²) in [6.45, 7) is 19.1. The van der Waals surface area contributed by atoms with Crippen LogP contribution in [0.1, 0.15) is 62.3 Å². The van der Waals surface area contributed by atoms with Crippen molar-refractivity contribution in [2.45, 2.75) is 90.6 Å². The van der Waals surface area contributed by atoms with Crippen molar-refractivity contribution in [3.63, 3.8) is 0 Å². The number of rotatable bonds is 2. The summed E-state index contributed by atoms with van der Waals surface area (Å²) in [4.78, 5) is 29.6. The molecule has 0 aromatic carbocycles. The largest absolute Gasteiger partial charge is 0.319 e. The highest BCUT2D eigenvalue weighted by Gasteiger charge is 2.50. The minimum Gasteiger partial charge on any atom is -0.319 e. The van der Waals surface area contributed by atoms with E-state index < -0.39 is 11.1 Å². The molecular formula is C18H34N4O2. The first kappa shape index (κ1) is 19.2. The Morgan fingerprint density at radius 1 is 0.750 bits per heavy atom. The Kier molecular flexibility index (Phi) is 4.34. The highest BCUT2D eigenvalue weighted by Crippen LogP contribution is 2.29. The van der Waals surface area contributed by atoms with Crippen molar-refractivity contribution in [1.82, 2.24) is 20.4 Å². The molecule has 2 saturated heterocycles. The first-order chi connectivity index (χ1) is 10.6. The van der Waals surface area contributed by atoms with Crippen molar-refractivity contribution in [2.24, 2.45) is 0 Å². The lowest BCUT2D eigenvalue weighted by molar-refractivity contribution is -0.162. The molecule has 0 aliphatic carbocycles. The van der Waals surface area contributed by atoms with Crippen LogP contribution in [0.15, 0.2) is 0 Å². The van der Waals surface area contributed by atoms with Crippen LogP contribution >= 0.6 is 0 Å². The number of nitrogens with one attached hydrogen (secondary N) is 2. The molecule has 2 heterocycles. The molecule has 2 fully saturated rings. The Morgan fingerprint density at radius 3 is 1.33 bits per heavy atom. The van der Waals surface area contributed by atoms with Crippen LogP contribution in [0.5, 0.6) is 0 Å². The number of nitrogens with zero attached hydrogens (tertiary/aromatic N) is 2. The van der Waals surface area contributed by atoms with Crippen LogP contribution in [0.3, 0.4) is 0 Å². The van der Waals surface area contributed by atoms with E-state index >= 15 is 0 Å². The summed E-state index contributed by atoms with van der Waals surface area (Å²) in [6, 6.07) is 0. The van der Waals surface area contributed by atoms with Crippen LogP contribution in [0, 0.1) is 0 Å². The summed E-state index contributed by atoms with van der Waals surface area (Å²) in [5.74, 6) is 0.0764. The zero-order valence-electron chi connectivity index (χ0n) is 16.7. The van der Waals surface area contributed by atoms with E-state index in [1.807, 2.05) is 44.4 Å². The van der Waals surface area contributed by atoms with Gasteiger partial charge in [-0.1, -0.05) is 0 Å². The van der Waals surface area contributed by atoms with Crippen LogP contribution in [0.4, 0.5) is 0 Å². The molecular weight excluding hydrogens is 304 g/mol.